The molecule has 0 bridgehead atoms. The summed E-state index contributed by atoms with van der Waals surface area (Å²) in [4.78, 5) is 0. The molecule has 0 amide bonds. The number of hydrogen-bond acceptors (Lipinski definition) is 2. The first kappa shape index (κ1) is 12.9. The maximum absolute atomic E-state index is 9.54. The van der Waals surface area contributed by atoms with Gasteiger partial charge in [-0.2, -0.15) is 0 Å². The molecule has 0 rings (SSSR count). The number of aliphatic hydroxyl groups excluding tert-OH is 2. The van der Waals surface area contributed by atoms with Crippen molar-refractivity contribution in [2.45, 2.75) is 58.5 Å². The third-order valence-electron chi connectivity index (χ3n) is 2.64. The fourth-order valence-electron chi connectivity index (χ4n) is 1.32. The summed E-state index contributed by atoms with van der Waals surface area (Å²) in [5, 5.41) is 18.1. The standard InChI is InChI=1S/C11H24O2/c1-3-10(2)7-8-11(13)6-4-5-9-12/h10-13H,3-9H2,1-2H3. The number of unbranched alkanes of at least 4 members (excludes halogenated alkanes) is 1. The van der Waals surface area contributed by atoms with Gasteiger partial charge in [0.2, 0.25) is 0 Å². The predicted octanol–water partition coefficient (Wildman–Crippen LogP) is 2.34. The highest BCUT2D eigenvalue weighted by molar-refractivity contribution is 4.59. The van der Waals surface area contributed by atoms with Crippen molar-refractivity contribution in [2.75, 3.05) is 6.61 Å². The Morgan fingerprint density at radius 1 is 1.08 bits per heavy atom. The van der Waals surface area contributed by atoms with Crippen LogP contribution in [0.2, 0.25) is 0 Å². The molecule has 2 heteroatoms. The second-order valence-electron chi connectivity index (χ2n) is 3.96. The first-order valence-corrected chi connectivity index (χ1v) is 5.49. The highest BCUT2D eigenvalue weighted by Gasteiger charge is 2.06. The van der Waals surface area contributed by atoms with E-state index in [1.807, 2.05) is 0 Å². The average molecular weight is 188 g/mol. The molecule has 0 heterocycles. The lowest BCUT2D eigenvalue weighted by atomic mass is 9.98. The third kappa shape index (κ3) is 8.26. The maximum Gasteiger partial charge on any atom is 0.0540 e. The van der Waals surface area contributed by atoms with Gasteiger partial charge < -0.3 is 10.2 Å². The highest BCUT2D eigenvalue weighted by atomic mass is 16.3. The van der Waals surface area contributed by atoms with E-state index in [2.05, 4.69) is 13.8 Å². The van der Waals surface area contributed by atoms with Gasteiger partial charge in [-0.05, 0) is 38.0 Å². The van der Waals surface area contributed by atoms with Crippen LogP contribution in [-0.4, -0.2) is 22.9 Å². The van der Waals surface area contributed by atoms with E-state index < -0.39 is 0 Å². The van der Waals surface area contributed by atoms with Crippen LogP contribution >= 0.6 is 0 Å². The lowest BCUT2D eigenvalue weighted by Gasteiger charge is -2.12. The topological polar surface area (TPSA) is 40.5 Å². The van der Waals surface area contributed by atoms with Crippen LogP contribution in [0.15, 0.2) is 0 Å². The third-order valence-corrected chi connectivity index (χ3v) is 2.64. The lowest BCUT2D eigenvalue weighted by Crippen LogP contribution is -2.08. The fraction of sp³-hybridized carbons (Fsp3) is 1.00. The van der Waals surface area contributed by atoms with Gasteiger partial charge in [-0.15, -0.1) is 0 Å². The summed E-state index contributed by atoms with van der Waals surface area (Å²) in [5.74, 6) is 0.729. The molecule has 0 aromatic carbocycles. The van der Waals surface area contributed by atoms with Gasteiger partial charge in [-0.3, -0.25) is 0 Å². The largest absolute Gasteiger partial charge is 0.396 e. The van der Waals surface area contributed by atoms with E-state index in [1.165, 1.54) is 6.42 Å². The van der Waals surface area contributed by atoms with Gasteiger partial charge >= 0.3 is 0 Å². The predicted molar refractivity (Wildman–Crippen MR) is 55.6 cm³/mol. The molecule has 0 fully saturated rings. The van der Waals surface area contributed by atoms with Crippen molar-refractivity contribution in [2.24, 2.45) is 5.92 Å². The Morgan fingerprint density at radius 2 is 1.77 bits per heavy atom. The summed E-state index contributed by atoms with van der Waals surface area (Å²) in [6, 6.07) is 0. The molecular formula is C11H24O2. The molecule has 13 heavy (non-hydrogen) atoms. The van der Waals surface area contributed by atoms with Crippen LogP contribution < -0.4 is 0 Å². The molecule has 0 aliphatic heterocycles. The molecule has 2 unspecified atom stereocenters. The number of aliphatic hydroxyl groups is 2. The zero-order valence-corrected chi connectivity index (χ0v) is 9.00. The molecule has 80 valence electrons. The smallest absolute Gasteiger partial charge is 0.0540 e. The van der Waals surface area contributed by atoms with Gasteiger partial charge in [-0.25, -0.2) is 0 Å². The molecule has 2 atom stereocenters. The van der Waals surface area contributed by atoms with E-state index in [0.29, 0.717) is 0 Å². The second-order valence-corrected chi connectivity index (χ2v) is 3.96. The SMILES string of the molecule is CCC(C)CCC(O)CCCCO. The first-order chi connectivity index (χ1) is 6.20. The van der Waals surface area contributed by atoms with Crippen LogP contribution in [0.1, 0.15) is 52.4 Å². The van der Waals surface area contributed by atoms with Crippen LogP contribution in [0, 0.1) is 5.92 Å². The zero-order valence-electron chi connectivity index (χ0n) is 9.00. The van der Waals surface area contributed by atoms with Crippen molar-refractivity contribution in [1.82, 2.24) is 0 Å². The van der Waals surface area contributed by atoms with Gasteiger partial charge in [-0.1, -0.05) is 20.3 Å². The quantitative estimate of drug-likeness (QED) is 0.574. The van der Waals surface area contributed by atoms with Crippen molar-refractivity contribution in [1.29, 1.82) is 0 Å². The van der Waals surface area contributed by atoms with Gasteiger partial charge in [0.1, 0.15) is 0 Å². The Kier molecular flexibility index (Phi) is 8.46. The average Bonchev–Trinajstić information content (AvgIpc) is 2.14. The first-order valence-electron chi connectivity index (χ1n) is 5.49. The molecule has 0 aliphatic rings. The summed E-state index contributed by atoms with van der Waals surface area (Å²) in [6.45, 7) is 4.65. The van der Waals surface area contributed by atoms with Crippen LogP contribution in [0.3, 0.4) is 0 Å². The zero-order chi connectivity index (χ0) is 10.1. The molecule has 0 saturated carbocycles. The molecule has 0 saturated heterocycles. The van der Waals surface area contributed by atoms with E-state index in [4.69, 9.17) is 5.11 Å². The van der Waals surface area contributed by atoms with Gasteiger partial charge in [0.25, 0.3) is 0 Å². The van der Waals surface area contributed by atoms with Crippen LogP contribution in [0.5, 0.6) is 0 Å². The molecule has 0 spiro atoms. The Labute approximate surface area is 82.0 Å². The van der Waals surface area contributed by atoms with E-state index in [0.717, 1.165) is 38.0 Å². The molecule has 0 aliphatic carbocycles. The van der Waals surface area contributed by atoms with Crippen molar-refractivity contribution < 1.29 is 10.2 Å². The summed E-state index contributed by atoms with van der Waals surface area (Å²) < 4.78 is 0. The highest BCUT2D eigenvalue weighted by Crippen LogP contribution is 2.14. The monoisotopic (exact) mass is 188 g/mol. The van der Waals surface area contributed by atoms with Crippen molar-refractivity contribution in [3.63, 3.8) is 0 Å². The minimum absolute atomic E-state index is 0.152. The van der Waals surface area contributed by atoms with E-state index in [1.54, 1.807) is 0 Å². The Morgan fingerprint density at radius 3 is 2.31 bits per heavy atom. The second kappa shape index (κ2) is 8.52. The van der Waals surface area contributed by atoms with Crippen LogP contribution in [-0.2, 0) is 0 Å². The van der Waals surface area contributed by atoms with Crippen LogP contribution in [0.25, 0.3) is 0 Å². The van der Waals surface area contributed by atoms with Gasteiger partial charge in [0.05, 0.1) is 6.10 Å². The summed E-state index contributed by atoms with van der Waals surface area (Å²) in [5.41, 5.74) is 0. The summed E-state index contributed by atoms with van der Waals surface area (Å²) >= 11 is 0. The molecule has 0 radical (unpaired) electrons. The molecule has 2 N–H and O–H groups in total. The summed E-state index contributed by atoms with van der Waals surface area (Å²) in [6.07, 6.45) is 5.69. The molecule has 0 aromatic rings. The minimum Gasteiger partial charge on any atom is -0.396 e. The van der Waals surface area contributed by atoms with Crippen LogP contribution in [0.4, 0.5) is 0 Å². The minimum atomic E-state index is -0.152. The summed E-state index contributed by atoms with van der Waals surface area (Å²) in [7, 11) is 0. The van der Waals surface area contributed by atoms with E-state index in [9.17, 15) is 5.11 Å². The Bertz CT molecular complexity index is 104. The van der Waals surface area contributed by atoms with Crippen molar-refractivity contribution in [3.05, 3.63) is 0 Å². The molecular weight excluding hydrogens is 164 g/mol. The molecule has 2 nitrogen and oxygen atoms in total. The van der Waals surface area contributed by atoms with Gasteiger partial charge in [0, 0.05) is 6.61 Å². The molecule has 0 aromatic heterocycles. The van der Waals surface area contributed by atoms with Crippen molar-refractivity contribution >= 4 is 0 Å². The van der Waals surface area contributed by atoms with Crippen molar-refractivity contribution in [3.8, 4) is 0 Å². The number of rotatable bonds is 8. The normalized spacial score (nSPS) is 15.7. The van der Waals surface area contributed by atoms with E-state index in [-0.39, 0.29) is 12.7 Å². The maximum atomic E-state index is 9.54. The van der Waals surface area contributed by atoms with E-state index >= 15 is 0 Å². The van der Waals surface area contributed by atoms with Gasteiger partial charge in [0.15, 0.2) is 0 Å². The number of hydrogen-bond donors (Lipinski definition) is 2. The lowest BCUT2D eigenvalue weighted by molar-refractivity contribution is 0.139. The fourth-order valence-corrected chi connectivity index (χ4v) is 1.32. The Hall–Kier alpha value is -0.0800. The Balaban J connectivity index is 3.24.